The van der Waals surface area contributed by atoms with Crippen LogP contribution in [0.25, 0.3) is 0 Å². The molecule has 5 heterocycles. The van der Waals surface area contributed by atoms with Crippen LogP contribution < -0.4 is 31.9 Å². The second-order valence-corrected chi connectivity index (χ2v) is 21.9. The number of Topliss-reactive ketones (excluding diaryl/α,β-unsaturated/α-hetero) is 1. The molecular formula is C56H70BrN12O2PS3. The Morgan fingerprint density at radius 2 is 1.17 bits per heavy atom. The third-order valence-corrected chi connectivity index (χ3v) is 16.2. The first-order chi connectivity index (χ1) is 36.0. The summed E-state index contributed by atoms with van der Waals surface area (Å²) in [5.41, 5.74) is 18.4. The summed E-state index contributed by atoms with van der Waals surface area (Å²) in [6, 6.07) is 35.5. The summed E-state index contributed by atoms with van der Waals surface area (Å²) in [6.45, 7) is 11.7. The second-order valence-electron chi connectivity index (χ2n) is 18.7. The lowest BCUT2D eigenvalue weighted by Crippen LogP contribution is -2.46. The first kappa shape index (κ1) is 58.8. The molecule has 0 aliphatic carbocycles. The number of benzene rings is 4. The van der Waals surface area contributed by atoms with Crippen LogP contribution in [0.4, 0.5) is 33.7 Å². The molecule has 5 aromatic rings. The zero-order chi connectivity index (χ0) is 52.2. The van der Waals surface area contributed by atoms with E-state index >= 15 is 0 Å². The molecule has 19 heteroatoms. The quantitative estimate of drug-likeness (QED) is 0.0230. The van der Waals surface area contributed by atoms with Crippen LogP contribution in [-0.4, -0.2) is 112 Å². The summed E-state index contributed by atoms with van der Waals surface area (Å²) < 4.78 is 0. The number of nitriles is 2. The number of amidine groups is 1. The van der Waals surface area contributed by atoms with Crippen LogP contribution >= 0.6 is 61.1 Å². The molecule has 4 aromatic carbocycles. The Labute approximate surface area is 468 Å². The lowest BCUT2D eigenvalue weighted by molar-refractivity contribution is 0.102. The smallest absolute Gasteiger partial charge is 0.206 e. The fourth-order valence-corrected chi connectivity index (χ4v) is 11.7. The number of thiazole rings is 1. The Bertz CT molecular complexity index is 2720. The van der Waals surface area contributed by atoms with Crippen LogP contribution in [0.5, 0.6) is 0 Å². The number of aromatic nitrogens is 1. The van der Waals surface area contributed by atoms with E-state index in [0.717, 1.165) is 55.4 Å². The molecule has 14 nitrogen and oxygen atoms in total. The summed E-state index contributed by atoms with van der Waals surface area (Å²) in [5, 5.41) is 25.6. The van der Waals surface area contributed by atoms with Crippen LogP contribution in [0.3, 0.4) is 0 Å². The molecule has 0 spiro atoms. The Kier molecular flexibility index (Phi) is 23.8. The van der Waals surface area contributed by atoms with Gasteiger partial charge in [-0.05, 0) is 180 Å². The van der Waals surface area contributed by atoms with Crippen molar-refractivity contribution >= 4 is 117 Å². The number of piperidine rings is 4. The molecule has 4 aliphatic rings. The normalized spacial score (nSPS) is 16.6. The highest BCUT2D eigenvalue weighted by Gasteiger charge is 2.27. The number of nitrogens with two attached hydrogens (primary N) is 2. The molecule has 0 radical (unpaired) electrons. The van der Waals surface area contributed by atoms with Gasteiger partial charge in [-0.1, -0.05) is 70.9 Å². The van der Waals surface area contributed by atoms with Crippen molar-refractivity contribution in [2.24, 2.45) is 10.7 Å². The Morgan fingerprint density at radius 1 is 0.720 bits per heavy atom. The fraction of sp³-hybridized carbons (Fsp3) is 0.411. The highest BCUT2D eigenvalue weighted by atomic mass is 79.9. The fourth-order valence-electron chi connectivity index (χ4n) is 9.79. The number of alkyl halides is 1. The predicted molar refractivity (Wildman–Crippen MR) is 325 cm³/mol. The number of carbonyl (C=O) groups excluding carboxylic acids is 2. The first-order valence-corrected chi connectivity index (χ1v) is 29.0. The monoisotopic (exact) mass is 1150 g/mol. The van der Waals surface area contributed by atoms with Gasteiger partial charge in [0.1, 0.15) is 10.7 Å². The molecule has 6 N–H and O–H groups in total. The van der Waals surface area contributed by atoms with Crippen molar-refractivity contribution in [1.82, 2.24) is 14.8 Å². The number of nitrogens with one attached hydrogen (secondary N) is 2. The van der Waals surface area contributed by atoms with Crippen molar-refractivity contribution in [2.75, 3.05) is 89.6 Å². The maximum atomic E-state index is 12.8. The number of ketones is 2. The van der Waals surface area contributed by atoms with Crippen molar-refractivity contribution < 1.29 is 9.59 Å². The summed E-state index contributed by atoms with van der Waals surface area (Å²) in [4.78, 5) is 43.3. The highest BCUT2D eigenvalue weighted by molar-refractivity contribution is 9.09. The minimum atomic E-state index is -0.194. The molecule has 396 valence electrons. The van der Waals surface area contributed by atoms with Crippen LogP contribution in [0, 0.1) is 22.7 Å². The average Bonchev–Trinajstić information content (AvgIpc) is 3.82. The SMILES string of the molecule is CCSC(N)=NC(=S)Nc1ccc(N2CCC(N3CCCCC3)CC2)cc1.N#Cc1ccc(C(=O)CBr)cc1.N#Cc1ccc(C(=O)c2sc(Nc3ccc(N4CCC(N5CCCCC5)CC4)cc3)nc2N)cc1.P. The molecule has 0 saturated carbocycles. The molecule has 1 unspecified atom stereocenters. The van der Waals surface area contributed by atoms with Gasteiger partial charge in [0.15, 0.2) is 21.2 Å². The van der Waals surface area contributed by atoms with Crippen LogP contribution in [0.2, 0.25) is 0 Å². The number of aliphatic imine (C=N–C) groups is 1. The number of thiocarbonyl (C=S) groups is 1. The molecule has 75 heavy (non-hydrogen) atoms. The first-order valence-electron chi connectivity index (χ1n) is 25.7. The minimum absolute atomic E-state index is 0. The van der Waals surface area contributed by atoms with E-state index in [2.05, 4.69) is 98.6 Å². The van der Waals surface area contributed by atoms with Crippen molar-refractivity contribution in [1.29, 1.82) is 10.5 Å². The maximum absolute atomic E-state index is 12.8. The molecule has 1 atom stereocenters. The molecule has 0 amide bonds. The van der Waals surface area contributed by atoms with Gasteiger partial charge in [-0.2, -0.15) is 25.4 Å². The zero-order valence-corrected chi connectivity index (χ0v) is 48.3. The third kappa shape index (κ3) is 17.6. The largest absolute Gasteiger partial charge is 0.382 e. The van der Waals surface area contributed by atoms with Gasteiger partial charge in [-0.15, -0.1) is 0 Å². The molecule has 4 fully saturated rings. The number of anilines is 6. The number of thioether (sulfide) groups is 1. The van der Waals surface area contributed by atoms with Crippen molar-refractivity contribution in [3.05, 3.63) is 124 Å². The number of likely N-dealkylation sites (tertiary alicyclic amines) is 2. The Hall–Kier alpha value is -5.43. The molecule has 4 saturated heterocycles. The van der Waals surface area contributed by atoms with Gasteiger partial charge in [0.2, 0.25) is 5.78 Å². The minimum Gasteiger partial charge on any atom is -0.382 e. The average molecular weight is 1150 g/mol. The number of nitrogen functional groups attached to an aromatic ring is 1. The van der Waals surface area contributed by atoms with E-state index in [0.29, 0.717) is 47.9 Å². The number of halogens is 1. The van der Waals surface area contributed by atoms with Gasteiger partial charge in [0.05, 0.1) is 28.6 Å². The number of rotatable bonds is 12. The highest BCUT2D eigenvalue weighted by Crippen LogP contribution is 2.32. The molecule has 1 aromatic heterocycles. The predicted octanol–water partition coefficient (Wildman–Crippen LogP) is 11.1. The zero-order valence-electron chi connectivity index (χ0n) is 42.9. The lowest BCUT2D eigenvalue weighted by atomic mass is 9.99. The molecule has 9 rings (SSSR count). The lowest BCUT2D eigenvalue weighted by Gasteiger charge is -2.41. The Balaban J connectivity index is 0.000000202. The van der Waals surface area contributed by atoms with Crippen molar-refractivity contribution in [3.8, 4) is 12.1 Å². The second kappa shape index (κ2) is 30.3. The standard InChI is InChI=1S/C27H30N6OS.C20H31N5S2.C9H6BrNO.H3P/c28-18-19-4-6-20(7-5-19)24(34)25-26(29)31-27(35-25)30-21-8-10-22(11-9-21)33-16-12-23(13-17-33)32-14-2-1-3-15-32;1-2-27-19(21)23-20(26)22-16-6-8-17(9-7-16)25-14-10-18(11-15-25)24-12-4-3-5-13-24;10-5-9(12)8-3-1-7(6-11)2-4-8;/h4-11,23H,1-3,12-17,29H2,(H,30,31);6-9,18H,2-5,10-15H2,1H3,(H3,21,22,23,26);1-4H,5H2;1H3. The third-order valence-electron chi connectivity index (χ3n) is 13.8. The van der Waals surface area contributed by atoms with E-state index in [9.17, 15) is 9.59 Å². The van der Waals surface area contributed by atoms with Gasteiger partial charge in [0, 0.05) is 72.1 Å². The number of hydrogen-bond acceptors (Lipinski definition) is 14. The van der Waals surface area contributed by atoms with E-state index in [-0.39, 0.29) is 27.3 Å². The Morgan fingerprint density at radius 3 is 1.61 bits per heavy atom. The van der Waals surface area contributed by atoms with Crippen LogP contribution in [0.15, 0.2) is 102 Å². The summed E-state index contributed by atoms with van der Waals surface area (Å²) in [7, 11) is 0. The van der Waals surface area contributed by atoms with Crippen molar-refractivity contribution in [3.63, 3.8) is 0 Å². The van der Waals surface area contributed by atoms with Crippen molar-refractivity contribution in [2.45, 2.75) is 83.2 Å². The van der Waals surface area contributed by atoms with Gasteiger partial charge in [-0.3, -0.25) is 9.59 Å². The van der Waals surface area contributed by atoms with E-state index in [1.54, 1.807) is 48.5 Å². The summed E-state index contributed by atoms with van der Waals surface area (Å²) in [5.74, 6) is 0.932. The topological polar surface area (TPSA) is 196 Å². The van der Waals surface area contributed by atoms with E-state index in [1.165, 1.54) is 125 Å². The number of hydrogen-bond donors (Lipinski definition) is 4. The summed E-state index contributed by atoms with van der Waals surface area (Å²) in [6.07, 6.45) is 13.3. The van der Waals surface area contributed by atoms with E-state index < -0.39 is 0 Å². The van der Waals surface area contributed by atoms with Crippen LogP contribution in [-0.2, 0) is 0 Å². The van der Waals surface area contributed by atoms with Gasteiger partial charge in [0.25, 0.3) is 0 Å². The summed E-state index contributed by atoms with van der Waals surface area (Å²) >= 11 is 11.1. The van der Waals surface area contributed by atoms with Crippen LogP contribution in [0.1, 0.15) is 108 Å². The van der Waals surface area contributed by atoms with Gasteiger partial charge < -0.3 is 41.7 Å². The van der Waals surface area contributed by atoms with Gasteiger partial charge >= 0.3 is 0 Å². The molecule has 0 bridgehead atoms. The molecular weight excluding hydrogens is 1080 g/mol. The number of nitrogens with zero attached hydrogens (tertiary/aromatic N) is 8. The number of carbonyl (C=O) groups is 2. The van der Waals surface area contributed by atoms with Gasteiger partial charge in [-0.25, -0.2) is 4.98 Å². The van der Waals surface area contributed by atoms with E-state index in [4.69, 9.17) is 34.2 Å². The van der Waals surface area contributed by atoms with E-state index in [1.807, 2.05) is 25.1 Å². The maximum Gasteiger partial charge on any atom is 0.206 e. The molecule has 4 aliphatic heterocycles.